The van der Waals surface area contributed by atoms with E-state index in [4.69, 9.17) is 9.47 Å². The van der Waals surface area contributed by atoms with Crippen molar-refractivity contribution in [3.63, 3.8) is 0 Å². The number of unbranched alkanes of at least 4 members (excludes halogenated alkanes) is 4. The molecule has 3 aromatic rings. The van der Waals surface area contributed by atoms with Crippen molar-refractivity contribution in [2.45, 2.75) is 64.0 Å². The maximum Gasteiger partial charge on any atom is 0.305 e. The molecule has 0 aliphatic rings. The molecule has 2 unspecified atom stereocenters. The molecule has 2 aromatic carbocycles. The molecule has 1 aromatic heterocycles. The number of carbonyl (C=O) groups is 3. The first-order valence-electron chi connectivity index (χ1n) is 15.4. The van der Waals surface area contributed by atoms with E-state index in [1.807, 2.05) is 48.5 Å². The van der Waals surface area contributed by atoms with Crippen LogP contribution in [0, 0.1) is 0 Å². The van der Waals surface area contributed by atoms with Gasteiger partial charge in [-0.2, -0.15) is 0 Å². The highest BCUT2D eigenvalue weighted by Gasteiger charge is 2.27. The number of aromatic nitrogens is 2. The van der Waals surface area contributed by atoms with Gasteiger partial charge in [0, 0.05) is 37.2 Å². The molecule has 0 bridgehead atoms. The number of benzene rings is 2. The molecule has 0 saturated heterocycles. The summed E-state index contributed by atoms with van der Waals surface area (Å²) in [6.07, 6.45) is 9.40. The van der Waals surface area contributed by atoms with Crippen molar-refractivity contribution < 1.29 is 29.0 Å². The van der Waals surface area contributed by atoms with Gasteiger partial charge in [0.05, 0.1) is 25.7 Å². The summed E-state index contributed by atoms with van der Waals surface area (Å²) in [5.41, 5.74) is 3.60. The second kappa shape index (κ2) is 19.1. The molecule has 0 radical (unpaired) electrons. The maximum absolute atomic E-state index is 13.0. The predicted molar refractivity (Wildman–Crippen MR) is 173 cm³/mol. The number of rotatable bonds is 20. The Morgan fingerprint density at radius 3 is 2.11 bits per heavy atom. The van der Waals surface area contributed by atoms with Crippen LogP contribution in [0.1, 0.15) is 51.0 Å². The van der Waals surface area contributed by atoms with E-state index in [1.165, 1.54) is 32.8 Å². The van der Waals surface area contributed by atoms with Crippen molar-refractivity contribution >= 4 is 17.8 Å². The van der Waals surface area contributed by atoms with E-state index >= 15 is 0 Å². The SMILES string of the molecule is CCCCCCCOc1ccc(-c2cnc(-c3ccc(CC(NC)C(=O)NC(CC(=O)O)C(=O)NCCOC)cc3)nc2)cc1. The molecule has 242 valence electrons. The molecule has 0 saturated carbocycles. The third kappa shape index (κ3) is 11.9. The zero-order chi connectivity index (χ0) is 32.4. The summed E-state index contributed by atoms with van der Waals surface area (Å²) < 4.78 is 10.8. The van der Waals surface area contributed by atoms with Crippen molar-refractivity contribution in [2.24, 2.45) is 0 Å². The standard InChI is InChI=1S/C34H45N5O6/c1-4-5-6-7-8-18-45-28-15-13-25(14-16-28)27-22-37-32(38-23-27)26-11-9-24(10-12-26)20-29(35-2)34(43)39-30(21-31(40)41)33(42)36-17-19-44-3/h9-16,22-23,29-30,35H,4-8,17-21H2,1-3H3,(H,36,42)(H,39,43)(H,40,41). The first kappa shape index (κ1) is 35.1. The number of amides is 2. The quantitative estimate of drug-likeness (QED) is 0.138. The minimum absolute atomic E-state index is 0.206. The molecule has 11 nitrogen and oxygen atoms in total. The van der Waals surface area contributed by atoms with Crippen LogP contribution in [0.25, 0.3) is 22.5 Å². The van der Waals surface area contributed by atoms with Crippen LogP contribution in [0.2, 0.25) is 0 Å². The Balaban J connectivity index is 1.55. The van der Waals surface area contributed by atoms with Gasteiger partial charge in [-0.25, -0.2) is 9.97 Å². The van der Waals surface area contributed by atoms with Gasteiger partial charge in [-0.05, 0) is 43.1 Å². The van der Waals surface area contributed by atoms with Crippen molar-refractivity contribution in [1.82, 2.24) is 25.9 Å². The molecule has 4 N–H and O–H groups in total. The number of aliphatic carboxylic acids is 1. The predicted octanol–water partition coefficient (Wildman–Crippen LogP) is 4.01. The number of methoxy groups -OCH3 is 1. The minimum Gasteiger partial charge on any atom is -0.494 e. The molecule has 0 fully saturated rings. The van der Waals surface area contributed by atoms with Gasteiger partial charge in [0.15, 0.2) is 5.82 Å². The van der Waals surface area contributed by atoms with E-state index in [0.717, 1.165) is 41.0 Å². The number of hydrogen-bond donors (Lipinski definition) is 4. The molecule has 2 atom stereocenters. The van der Waals surface area contributed by atoms with E-state index in [-0.39, 0.29) is 13.2 Å². The summed E-state index contributed by atoms with van der Waals surface area (Å²) in [7, 11) is 3.12. The van der Waals surface area contributed by atoms with Crippen molar-refractivity contribution in [3.8, 4) is 28.3 Å². The summed E-state index contributed by atoms with van der Waals surface area (Å²) in [6, 6.07) is 13.6. The fourth-order valence-corrected chi connectivity index (χ4v) is 4.67. The van der Waals surface area contributed by atoms with Gasteiger partial charge >= 0.3 is 5.97 Å². The molecule has 0 spiro atoms. The zero-order valence-corrected chi connectivity index (χ0v) is 26.4. The number of hydrogen-bond acceptors (Lipinski definition) is 8. The summed E-state index contributed by atoms with van der Waals surface area (Å²) in [5.74, 6) is -0.820. The van der Waals surface area contributed by atoms with Crippen LogP contribution in [0.4, 0.5) is 0 Å². The zero-order valence-electron chi connectivity index (χ0n) is 26.4. The van der Waals surface area contributed by atoms with Gasteiger partial charge in [-0.15, -0.1) is 0 Å². The van der Waals surface area contributed by atoms with Gasteiger partial charge in [0.25, 0.3) is 0 Å². The number of nitrogens with one attached hydrogen (secondary N) is 3. The van der Waals surface area contributed by atoms with Crippen molar-refractivity contribution in [2.75, 3.05) is 33.9 Å². The van der Waals surface area contributed by atoms with Gasteiger partial charge in [-0.1, -0.05) is 69.0 Å². The molecule has 11 heteroatoms. The fourth-order valence-electron chi connectivity index (χ4n) is 4.67. The van der Waals surface area contributed by atoms with Gasteiger partial charge in [-0.3, -0.25) is 14.4 Å². The Morgan fingerprint density at radius 1 is 0.822 bits per heavy atom. The topological polar surface area (TPSA) is 152 Å². The molecule has 3 rings (SSSR count). The highest BCUT2D eigenvalue weighted by Crippen LogP contribution is 2.23. The number of likely N-dealkylation sites (N-methyl/N-ethyl adjacent to an activating group) is 1. The molecule has 0 aliphatic heterocycles. The van der Waals surface area contributed by atoms with Gasteiger partial charge < -0.3 is 30.5 Å². The molecule has 1 heterocycles. The van der Waals surface area contributed by atoms with Crippen LogP contribution in [-0.2, 0) is 25.5 Å². The smallest absolute Gasteiger partial charge is 0.305 e. The Labute approximate surface area is 265 Å². The average molecular weight is 620 g/mol. The average Bonchev–Trinajstić information content (AvgIpc) is 3.05. The third-order valence-electron chi connectivity index (χ3n) is 7.29. The lowest BCUT2D eigenvalue weighted by atomic mass is 10.0. The Bertz CT molecular complexity index is 1330. The van der Waals surface area contributed by atoms with Crippen LogP contribution < -0.4 is 20.7 Å². The van der Waals surface area contributed by atoms with Gasteiger partial charge in [0.1, 0.15) is 11.8 Å². The number of carboxylic acid groups (broad SMARTS) is 1. The summed E-state index contributed by atoms with van der Waals surface area (Å²) in [6.45, 7) is 3.41. The van der Waals surface area contributed by atoms with Crippen molar-refractivity contribution in [1.29, 1.82) is 0 Å². The highest BCUT2D eigenvalue weighted by atomic mass is 16.5. The van der Waals surface area contributed by atoms with Gasteiger partial charge in [0.2, 0.25) is 11.8 Å². The lowest BCUT2D eigenvalue weighted by Crippen LogP contribution is -2.53. The molecule has 0 aliphatic carbocycles. The van der Waals surface area contributed by atoms with Crippen LogP contribution in [0.5, 0.6) is 5.75 Å². The molecule has 2 amide bonds. The first-order valence-corrected chi connectivity index (χ1v) is 15.4. The Morgan fingerprint density at radius 2 is 1.49 bits per heavy atom. The van der Waals surface area contributed by atoms with E-state index in [1.54, 1.807) is 19.4 Å². The maximum atomic E-state index is 13.0. The number of carbonyl (C=O) groups excluding carboxylic acids is 2. The van der Waals surface area contributed by atoms with Crippen LogP contribution in [0.15, 0.2) is 60.9 Å². The van der Waals surface area contributed by atoms with E-state index in [9.17, 15) is 19.5 Å². The fraction of sp³-hybridized carbons (Fsp3) is 0.441. The highest BCUT2D eigenvalue weighted by molar-refractivity contribution is 5.92. The second-order valence-corrected chi connectivity index (χ2v) is 10.8. The lowest BCUT2D eigenvalue weighted by molar-refractivity contribution is -0.140. The molecular formula is C34H45N5O6. The third-order valence-corrected chi connectivity index (χ3v) is 7.29. The van der Waals surface area contributed by atoms with E-state index < -0.39 is 36.3 Å². The Hall–Kier alpha value is -4.35. The molecular weight excluding hydrogens is 574 g/mol. The second-order valence-electron chi connectivity index (χ2n) is 10.8. The van der Waals surface area contributed by atoms with Crippen LogP contribution in [0.3, 0.4) is 0 Å². The van der Waals surface area contributed by atoms with Crippen molar-refractivity contribution in [3.05, 3.63) is 66.5 Å². The van der Waals surface area contributed by atoms with Crippen LogP contribution >= 0.6 is 0 Å². The summed E-state index contributed by atoms with van der Waals surface area (Å²) >= 11 is 0. The minimum atomic E-state index is -1.21. The normalized spacial score (nSPS) is 12.2. The summed E-state index contributed by atoms with van der Waals surface area (Å²) in [4.78, 5) is 45.8. The largest absolute Gasteiger partial charge is 0.494 e. The summed E-state index contributed by atoms with van der Waals surface area (Å²) in [5, 5.41) is 17.3. The number of nitrogens with zero attached hydrogens (tertiary/aromatic N) is 2. The first-order chi connectivity index (χ1) is 21.8. The van der Waals surface area contributed by atoms with E-state index in [2.05, 4.69) is 32.8 Å². The monoisotopic (exact) mass is 619 g/mol. The van der Waals surface area contributed by atoms with Crippen LogP contribution in [-0.4, -0.2) is 78.9 Å². The van der Waals surface area contributed by atoms with E-state index in [0.29, 0.717) is 12.2 Å². The molecule has 45 heavy (non-hydrogen) atoms. The lowest BCUT2D eigenvalue weighted by Gasteiger charge is -2.21. The Kier molecular flexibility index (Phi) is 14.9. The number of carboxylic acids is 1. The number of ether oxygens (including phenoxy) is 2.